The van der Waals surface area contributed by atoms with Crippen LogP contribution in [0.25, 0.3) is 0 Å². The first-order chi connectivity index (χ1) is 8.53. The molecular formula is C16H24O3. The van der Waals surface area contributed by atoms with Crippen LogP contribution in [0.3, 0.4) is 0 Å². The smallest absolute Gasteiger partial charge is 0.316 e. The monoisotopic (exact) mass is 264 g/mol. The Bertz CT molecular complexity index is 440. The molecule has 0 saturated heterocycles. The fraction of sp³-hybridized carbons (Fsp3) is 0.625. The van der Waals surface area contributed by atoms with E-state index < -0.39 is 5.41 Å². The number of allylic oxidation sites excluding steroid dienone is 4. The summed E-state index contributed by atoms with van der Waals surface area (Å²) in [6.07, 6.45) is 4.97. The van der Waals surface area contributed by atoms with E-state index in [2.05, 4.69) is 0 Å². The van der Waals surface area contributed by atoms with Crippen LogP contribution in [-0.2, 0) is 14.3 Å². The summed E-state index contributed by atoms with van der Waals surface area (Å²) in [5, 5.41) is 0. The Morgan fingerprint density at radius 2 is 1.68 bits per heavy atom. The van der Waals surface area contributed by atoms with Crippen molar-refractivity contribution in [2.24, 2.45) is 10.8 Å². The summed E-state index contributed by atoms with van der Waals surface area (Å²) in [6, 6.07) is 0. The molecule has 3 nitrogen and oxygen atoms in total. The van der Waals surface area contributed by atoms with E-state index in [0.29, 0.717) is 17.8 Å². The summed E-state index contributed by atoms with van der Waals surface area (Å²) in [4.78, 5) is 24.1. The maximum atomic E-state index is 12.1. The second kappa shape index (κ2) is 5.32. The molecule has 0 fully saturated rings. The SMILES string of the molecule is CC(C)(C)C(=O)O/C(=C1\C=CCCC1=O)C(C)(C)C. The van der Waals surface area contributed by atoms with Gasteiger partial charge in [-0.2, -0.15) is 0 Å². The highest BCUT2D eigenvalue weighted by Crippen LogP contribution is 2.33. The van der Waals surface area contributed by atoms with Gasteiger partial charge in [-0.3, -0.25) is 9.59 Å². The second-order valence-electron chi connectivity index (χ2n) is 7.00. The highest BCUT2D eigenvalue weighted by molar-refractivity contribution is 6.00. The van der Waals surface area contributed by atoms with Crippen molar-refractivity contribution < 1.29 is 14.3 Å². The lowest BCUT2D eigenvalue weighted by atomic mass is 9.86. The fourth-order valence-electron chi connectivity index (χ4n) is 1.70. The molecule has 0 spiro atoms. The van der Waals surface area contributed by atoms with Crippen molar-refractivity contribution in [1.29, 1.82) is 0 Å². The molecule has 0 saturated carbocycles. The van der Waals surface area contributed by atoms with E-state index in [9.17, 15) is 9.59 Å². The predicted molar refractivity (Wildman–Crippen MR) is 75.4 cm³/mol. The molecule has 3 heteroatoms. The van der Waals surface area contributed by atoms with Gasteiger partial charge in [-0.05, 0) is 27.2 Å². The molecule has 0 aromatic rings. The molecule has 0 heterocycles. The highest BCUT2D eigenvalue weighted by Gasteiger charge is 2.32. The van der Waals surface area contributed by atoms with Crippen molar-refractivity contribution in [3.05, 3.63) is 23.5 Å². The Kier molecular flexibility index (Phi) is 4.39. The van der Waals surface area contributed by atoms with Crippen LogP contribution in [0.5, 0.6) is 0 Å². The van der Waals surface area contributed by atoms with Gasteiger partial charge >= 0.3 is 5.97 Å². The van der Waals surface area contributed by atoms with Crippen LogP contribution in [-0.4, -0.2) is 11.8 Å². The molecule has 0 radical (unpaired) electrons. The van der Waals surface area contributed by atoms with Crippen LogP contribution in [0, 0.1) is 10.8 Å². The van der Waals surface area contributed by atoms with Gasteiger partial charge in [0.2, 0.25) is 0 Å². The lowest BCUT2D eigenvalue weighted by Gasteiger charge is -2.28. The maximum absolute atomic E-state index is 12.1. The minimum Gasteiger partial charge on any atom is -0.429 e. The number of ether oxygens (including phenoxy) is 1. The predicted octanol–water partition coefficient (Wildman–Crippen LogP) is 3.80. The van der Waals surface area contributed by atoms with Crippen molar-refractivity contribution in [3.8, 4) is 0 Å². The number of hydrogen-bond acceptors (Lipinski definition) is 3. The standard InChI is InChI=1S/C16H24O3/c1-15(2,3)13(19-14(18)16(4,5)6)11-9-7-8-10-12(11)17/h7,9H,8,10H2,1-6H3/b13-11+. The molecule has 0 amide bonds. The number of carbonyl (C=O) groups excluding carboxylic acids is 2. The fourth-order valence-corrected chi connectivity index (χ4v) is 1.70. The summed E-state index contributed by atoms with van der Waals surface area (Å²) in [7, 11) is 0. The molecule has 0 N–H and O–H groups in total. The van der Waals surface area contributed by atoms with Crippen molar-refractivity contribution in [1.82, 2.24) is 0 Å². The zero-order valence-corrected chi connectivity index (χ0v) is 12.8. The van der Waals surface area contributed by atoms with E-state index in [1.807, 2.05) is 26.8 Å². The molecule has 0 aliphatic heterocycles. The molecule has 19 heavy (non-hydrogen) atoms. The number of rotatable bonds is 1. The maximum Gasteiger partial charge on any atom is 0.316 e. The van der Waals surface area contributed by atoms with Crippen LogP contribution in [0.1, 0.15) is 54.4 Å². The van der Waals surface area contributed by atoms with Crippen LogP contribution < -0.4 is 0 Å². The molecule has 0 atom stereocenters. The largest absolute Gasteiger partial charge is 0.429 e. The Morgan fingerprint density at radius 1 is 1.11 bits per heavy atom. The van der Waals surface area contributed by atoms with E-state index in [1.165, 1.54) is 0 Å². The van der Waals surface area contributed by atoms with Gasteiger partial charge in [0.25, 0.3) is 0 Å². The summed E-state index contributed by atoms with van der Waals surface area (Å²) >= 11 is 0. The lowest BCUT2D eigenvalue weighted by molar-refractivity contribution is -0.150. The van der Waals surface area contributed by atoms with E-state index in [0.717, 1.165) is 6.42 Å². The van der Waals surface area contributed by atoms with Crippen LogP contribution in [0.15, 0.2) is 23.5 Å². The number of ketones is 1. The van der Waals surface area contributed by atoms with Gasteiger partial charge < -0.3 is 4.74 Å². The van der Waals surface area contributed by atoms with Crippen molar-refractivity contribution >= 4 is 11.8 Å². The van der Waals surface area contributed by atoms with E-state index >= 15 is 0 Å². The normalized spacial score (nSPS) is 19.4. The first kappa shape index (κ1) is 15.7. The second-order valence-corrected chi connectivity index (χ2v) is 7.00. The van der Waals surface area contributed by atoms with Gasteiger partial charge in [0.1, 0.15) is 5.76 Å². The lowest BCUT2D eigenvalue weighted by Crippen LogP contribution is -2.28. The Hall–Kier alpha value is -1.38. The first-order valence-electron chi connectivity index (χ1n) is 6.70. The molecule has 106 valence electrons. The third-order valence-corrected chi connectivity index (χ3v) is 2.86. The Morgan fingerprint density at radius 3 is 2.11 bits per heavy atom. The molecule has 1 aliphatic rings. The Balaban J connectivity index is 3.21. The topological polar surface area (TPSA) is 43.4 Å². The van der Waals surface area contributed by atoms with Crippen LogP contribution in [0.4, 0.5) is 0 Å². The third-order valence-electron chi connectivity index (χ3n) is 2.86. The minimum atomic E-state index is -0.585. The molecule has 1 aliphatic carbocycles. The number of esters is 1. The number of carbonyl (C=O) groups is 2. The van der Waals surface area contributed by atoms with Crippen LogP contribution in [0.2, 0.25) is 0 Å². The third kappa shape index (κ3) is 4.05. The number of hydrogen-bond donors (Lipinski definition) is 0. The average molecular weight is 264 g/mol. The van der Waals surface area contributed by atoms with Crippen LogP contribution >= 0.6 is 0 Å². The first-order valence-corrected chi connectivity index (χ1v) is 6.70. The van der Waals surface area contributed by atoms with E-state index in [-0.39, 0.29) is 17.2 Å². The molecule has 0 unspecified atom stereocenters. The quantitative estimate of drug-likeness (QED) is 0.411. The zero-order chi connectivity index (χ0) is 14.8. The molecule has 0 bridgehead atoms. The summed E-state index contributed by atoms with van der Waals surface area (Å²) in [5.74, 6) is 0.221. The van der Waals surface area contributed by atoms with Gasteiger partial charge in [-0.1, -0.05) is 32.9 Å². The molecule has 1 rings (SSSR count). The van der Waals surface area contributed by atoms with Crippen molar-refractivity contribution in [2.75, 3.05) is 0 Å². The molecule has 0 aromatic heterocycles. The minimum absolute atomic E-state index is 0.0501. The van der Waals surface area contributed by atoms with Crippen molar-refractivity contribution in [2.45, 2.75) is 54.4 Å². The van der Waals surface area contributed by atoms with Gasteiger partial charge in [-0.25, -0.2) is 0 Å². The van der Waals surface area contributed by atoms with Gasteiger partial charge in [-0.15, -0.1) is 0 Å². The highest BCUT2D eigenvalue weighted by atomic mass is 16.5. The number of Topliss-reactive ketones (excluding diaryl/α,β-unsaturated/α-hetero) is 1. The van der Waals surface area contributed by atoms with E-state index in [4.69, 9.17) is 4.74 Å². The van der Waals surface area contributed by atoms with E-state index in [1.54, 1.807) is 26.8 Å². The van der Waals surface area contributed by atoms with Gasteiger partial charge in [0.05, 0.1) is 11.0 Å². The summed E-state index contributed by atoms with van der Waals surface area (Å²) in [6.45, 7) is 11.2. The van der Waals surface area contributed by atoms with Gasteiger partial charge in [0, 0.05) is 11.8 Å². The average Bonchev–Trinajstić information content (AvgIpc) is 2.24. The zero-order valence-electron chi connectivity index (χ0n) is 12.8. The molecule has 0 aromatic carbocycles. The van der Waals surface area contributed by atoms with Crippen molar-refractivity contribution in [3.63, 3.8) is 0 Å². The summed E-state index contributed by atoms with van der Waals surface area (Å²) < 4.78 is 5.56. The molecular weight excluding hydrogens is 240 g/mol. The Labute approximate surface area is 115 Å². The van der Waals surface area contributed by atoms with Gasteiger partial charge in [0.15, 0.2) is 5.78 Å². The summed E-state index contributed by atoms with van der Waals surface area (Å²) in [5.41, 5.74) is -0.428.